The first-order valence-electron chi connectivity index (χ1n) is 10.1. The van der Waals surface area contributed by atoms with E-state index in [9.17, 15) is 4.79 Å². The van der Waals surface area contributed by atoms with Gasteiger partial charge in [0.25, 0.3) is 5.91 Å². The third kappa shape index (κ3) is 5.25. The average molecular weight is 474 g/mol. The number of anilines is 3. The summed E-state index contributed by atoms with van der Waals surface area (Å²) in [5, 5.41) is 26.9. The van der Waals surface area contributed by atoms with Gasteiger partial charge in [-0.1, -0.05) is 48.0 Å². The van der Waals surface area contributed by atoms with Gasteiger partial charge in [-0.25, -0.2) is 9.97 Å². The smallest absolute Gasteiger partial charge is 0.274 e. The summed E-state index contributed by atoms with van der Waals surface area (Å²) in [6.45, 7) is -0.209. The molecule has 34 heavy (non-hydrogen) atoms. The first kappa shape index (κ1) is 22.6. The molecule has 0 bridgehead atoms. The molecule has 2 heterocycles. The van der Waals surface area contributed by atoms with Crippen molar-refractivity contribution in [1.29, 1.82) is 10.8 Å². The topological polar surface area (TPSA) is 158 Å². The zero-order valence-corrected chi connectivity index (χ0v) is 18.5. The second-order valence-corrected chi connectivity index (χ2v) is 7.57. The van der Waals surface area contributed by atoms with E-state index >= 15 is 0 Å². The van der Waals surface area contributed by atoms with Gasteiger partial charge in [0.15, 0.2) is 17.3 Å². The molecule has 4 aromatic rings. The van der Waals surface area contributed by atoms with Gasteiger partial charge in [0.05, 0.1) is 18.4 Å². The average Bonchev–Trinajstić information content (AvgIpc) is 2.84. The molecule has 0 unspecified atom stereocenters. The molecule has 0 saturated heterocycles. The standard InChI is InChI=1S/C23H20ClN9O/c24-15-7-4-8-16(11-15)30-20-10-9-18(25)33(32-20)19(26)13-29-23(34)21-22(27)28-12-17(31-21)14-5-2-1-3-6-14/h1-12,25-26H,13H2,(H2,27,28)(H,29,34)(H,30,32). The monoisotopic (exact) mass is 473 g/mol. The van der Waals surface area contributed by atoms with Crippen molar-refractivity contribution in [2.75, 3.05) is 17.6 Å². The lowest BCUT2D eigenvalue weighted by Crippen LogP contribution is -2.38. The number of hydrogen-bond acceptors (Lipinski definition) is 8. The van der Waals surface area contributed by atoms with Gasteiger partial charge in [-0.15, -0.1) is 5.10 Å². The SMILES string of the molecule is N=C(CNC(=O)c1nc(-c2ccccc2)cnc1N)n1nc(Nc2cccc(Cl)c2)ccc1=N. The van der Waals surface area contributed by atoms with Gasteiger partial charge in [-0.05, 0) is 30.3 Å². The van der Waals surface area contributed by atoms with Crippen molar-refractivity contribution in [1.82, 2.24) is 25.1 Å². The summed E-state index contributed by atoms with van der Waals surface area (Å²) in [6.07, 6.45) is 1.49. The van der Waals surface area contributed by atoms with E-state index in [2.05, 4.69) is 25.7 Å². The maximum absolute atomic E-state index is 12.7. The lowest BCUT2D eigenvalue weighted by Gasteiger charge is -2.12. The largest absolute Gasteiger partial charge is 0.382 e. The van der Waals surface area contributed by atoms with Crippen molar-refractivity contribution in [3.63, 3.8) is 0 Å². The normalized spacial score (nSPS) is 10.5. The number of carbonyl (C=O) groups is 1. The quantitative estimate of drug-likeness (QED) is 0.214. The zero-order valence-electron chi connectivity index (χ0n) is 17.8. The van der Waals surface area contributed by atoms with Crippen LogP contribution in [0.3, 0.4) is 0 Å². The van der Waals surface area contributed by atoms with Crippen LogP contribution in [0.5, 0.6) is 0 Å². The number of carbonyl (C=O) groups excluding carboxylic acids is 1. The maximum atomic E-state index is 12.7. The molecule has 11 heteroatoms. The van der Waals surface area contributed by atoms with Crippen LogP contribution >= 0.6 is 11.6 Å². The molecular weight excluding hydrogens is 454 g/mol. The summed E-state index contributed by atoms with van der Waals surface area (Å²) in [4.78, 5) is 21.1. The highest BCUT2D eigenvalue weighted by Crippen LogP contribution is 2.19. The van der Waals surface area contributed by atoms with Crippen LogP contribution in [-0.2, 0) is 0 Å². The number of halogens is 1. The van der Waals surface area contributed by atoms with Gasteiger partial charge in [-0.3, -0.25) is 15.6 Å². The molecule has 6 N–H and O–H groups in total. The number of nitrogen functional groups attached to an aromatic ring is 1. The minimum Gasteiger partial charge on any atom is -0.382 e. The van der Waals surface area contributed by atoms with Crippen molar-refractivity contribution in [2.24, 2.45) is 0 Å². The van der Waals surface area contributed by atoms with Gasteiger partial charge in [0.1, 0.15) is 11.3 Å². The summed E-state index contributed by atoms with van der Waals surface area (Å²) >= 11 is 6.01. The highest BCUT2D eigenvalue weighted by Gasteiger charge is 2.16. The third-order valence-corrected chi connectivity index (χ3v) is 4.92. The predicted octanol–water partition coefficient (Wildman–Crippen LogP) is 3.05. The highest BCUT2D eigenvalue weighted by molar-refractivity contribution is 6.30. The molecule has 0 atom stereocenters. The molecule has 0 aliphatic carbocycles. The Labute approximate surface area is 199 Å². The predicted molar refractivity (Wildman–Crippen MR) is 130 cm³/mol. The molecule has 4 rings (SSSR count). The maximum Gasteiger partial charge on any atom is 0.274 e. The molecule has 1 amide bonds. The van der Waals surface area contributed by atoms with Crippen LogP contribution < -0.4 is 21.9 Å². The molecule has 0 spiro atoms. The molecule has 2 aromatic heterocycles. The van der Waals surface area contributed by atoms with Crippen molar-refractivity contribution in [3.8, 4) is 11.3 Å². The molecule has 10 nitrogen and oxygen atoms in total. The molecule has 0 saturated carbocycles. The van der Waals surface area contributed by atoms with E-state index in [0.717, 1.165) is 10.2 Å². The first-order valence-corrected chi connectivity index (χ1v) is 10.5. The Kier molecular flexibility index (Phi) is 6.60. The highest BCUT2D eigenvalue weighted by atomic mass is 35.5. The number of aromatic nitrogens is 4. The second-order valence-electron chi connectivity index (χ2n) is 7.14. The first-order chi connectivity index (χ1) is 16.4. The molecule has 0 fully saturated rings. The third-order valence-electron chi connectivity index (χ3n) is 4.69. The van der Waals surface area contributed by atoms with Gasteiger partial charge < -0.3 is 16.4 Å². The number of nitrogens with zero attached hydrogens (tertiary/aromatic N) is 4. The van der Waals surface area contributed by atoms with Crippen LogP contribution in [0.25, 0.3) is 11.3 Å². The lowest BCUT2D eigenvalue weighted by molar-refractivity contribution is 0.0954. The summed E-state index contributed by atoms with van der Waals surface area (Å²) in [5.41, 5.74) is 7.78. The van der Waals surface area contributed by atoms with Gasteiger partial charge in [0.2, 0.25) is 0 Å². The van der Waals surface area contributed by atoms with E-state index in [4.69, 9.17) is 28.2 Å². The molecule has 0 aliphatic heterocycles. The van der Waals surface area contributed by atoms with E-state index < -0.39 is 5.91 Å². The van der Waals surface area contributed by atoms with Crippen LogP contribution in [-0.4, -0.2) is 38.0 Å². The van der Waals surface area contributed by atoms with Crippen LogP contribution in [0.15, 0.2) is 72.9 Å². The van der Waals surface area contributed by atoms with Crippen LogP contribution in [0.1, 0.15) is 10.5 Å². The van der Waals surface area contributed by atoms with Crippen LogP contribution in [0, 0.1) is 10.8 Å². The van der Waals surface area contributed by atoms with E-state index in [1.54, 1.807) is 24.3 Å². The van der Waals surface area contributed by atoms with Crippen molar-refractivity contribution < 1.29 is 4.79 Å². The van der Waals surface area contributed by atoms with Crippen molar-refractivity contribution in [3.05, 3.63) is 89.1 Å². The van der Waals surface area contributed by atoms with Gasteiger partial charge >= 0.3 is 0 Å². The van der Waals surface area contributed by atoms with Gasteiger partial charge in [-0.2, -0.15) is 4.68 Å². The molecule has 0 aliphatic rings. The Bertz CT molecular complexity index is 1420. The summed E-state index contributed by atoms with van der Waals surface area (Å²) in [6, 6.07) is 19.4. The Morgan fingerprint density at radius 1 is 1.09 bits per heavy atom. The van der Waals surface area contributed by atoms with E-state index in [1.807, 2.05) is 36.4 Å². The summed E-state index contributed by atoms with van der Waals surface area (Å²) < 4.78 is 1.10. The number of nitrogens with two attached hydrogens (primary N) is 1. The fraction of sp³-hybridized carbons (Fsp3) is 0.0435. The Morgan fingerprint density at radius 2 is 1.88 bits per heavy atom. The summed E-state index contributed by atoms with van der Waals surface area (Å²) in [7, 11) is 0. The molecule has 2 aromatic carbocycles. The van der Waals surface area contributed by atoms with Gasteiger partial charge in [0, 0.05) is 16.3 Å². The number of rotatable bonds is 6. The van der Waals surface area contributed by atoms with Crippen LogP contribution in [0.4, 0.5) is 17.3 Å². The van der Waals surface area contributed by atoms with E-state index in [0.29, 0.717) is 22.2 Å². The minimum atomic E-state index is -0.590. The zero-order chi connectivity index (χ0) is 24.1. The second kappa shape index (κ2) is 9.92. The molecular formula is C23H20ClN9O. The van der Waals surface area contributed by atoms with Crippen LogP contribution in [0.2, 0.25) is 5.02 Å². The van der Waals surface area contributed by atoms with Crippen molar-refractivity contribution in [2.45, 2.75) is 0 Å². The Morgan fingerprint density at radius 3 is 2.65 bits per heavy atom. The number of hydrogen-bond donors (Lipinski definition) is 5. The summed E-state index contributed by atoms with van der Waals surface area (Å²) in [5.74, 6) is -0.338. The molecule has 0 radical (unpaired) electrons. The number of amides is 1. The fourth-order valence-electron chi connectivity index (χ4n) is 3.05. The lowest BCUT2D eigenvalue weighted by atomic mass is 10.1. The molecule has 170 valence electrons. The van der Waals surface area contributed by atoms with E-state index in [1.165, 1.54) is 12.3 Å². The Hall–Kier alpha value is -4.57. The fourth-order valence-corrected chi connectivity index (χ4v) is 3.24. The van der Waals surface area contributed by atoms with Crippen molar-refractivity contribution >= 4 is 40.7 Å². The minimum absolute atomic E-state index is 0.0246. The number of benzene rings is 2. The number of nitrogens with one attached hydrogen (secondary N) is 4. The van der Waals surface area contributed by atoms with E-state index in [-0.39, 0.29) is 29.4 Å². The Balaban J connectivity index is 1.47.